The minimum atomic E-state index is -1.08. The lowest BCUT2D eigenvalue weighted by Gasteiger charge is -2.18. The fraction of sp³-hybridized carbons (Fsp3) is 0.278. The van der Waals surface area contributed by atoms with E-state index in [2.05, 4.69) is 5.32 Å². The number of halogens is 2. The third kappa shape index (κ3) is 3.10. The van der Waals surface area contributed by atoms with Crippen LogP contribution in [0, 0.1) is 11.6 Å². The molecule has 1 amide bonds. The van der Waals surface area contributed by atoms with Gasteiger partial charge in [-0.3, -0.25) is 4.79 Å². The van der Waals surface area contributed by atoms with Gasteiger partial charge in [0.1, 0.15) is 0 Å². The summed E-state index contributed by atoms with van der Waals surface area (Å²) < 4.78 is 26.1. The molecule has 1 atom stereocenters. The van der Waals surface area contributed by atoms with Crippen molar-refractivity contribution in [1.82, 2.24) is 5.32 Å². The van der Waals surface area contributed by atoms with E-state index >= 15 is 0 Å². The molecule has 1 fully saturated rings. The molecule has 3 rings (SSSR count). The van der Waals surface area contributed by atoms with Gasteiger partial charge in [0, 0.05) is 6.54 Å². The molecule has 0 unspecified atom stereocenters. The minimum absolute atomic E-state index is 0.0432. The fourth-order valence-corrected chi connectivity index (χ4v) is 2.73. The molecular weight excluding hydrogens is 300 g/mol. The highest BCUT2D eigenvalue weighted by atomic mass is 19.2. The average molecular weight is 317 g/mol. The summed E-state index contributed by atoms with van der Waals surface area (Å²) in [7, 11) is 0. The number of hydrogen-bond donors (Lipinski definition) is 2. The van der Waals surface area contributed by atoms with Crippen LogP contribution in [0.4, 0.5) is 8.78 Å². The Labute approximate surface area is 133 Å². The molecule has 120 valence electrons. The van der Waals surface area contributed by atoms with Crippen molar-refractivity contribution in [3.63, 3.8) is 0 Å². The molecule has 0 radical (unpaired) electrons. The summed E-state index contributed by atoms with van der Waals surface area (Å²) in [5, 5.41) is 12.7. The quantitative estimate of drug-likeness (QED) is 0.891. The van der Waals surface area contributed by atoms with E-state index < -0.39 is 23.2 Å². The van der Waals surface area contributed by atoms with Gasteiger partial charge in [0.25, 0.3) is 0 Å². The molecule has 1 aliphatic rings. The van der Waals surface area contributed by atoms with Gasteiger partial charge < -0.3 is 10.4 Å². The van der Waals surface area contributed by atoms with E-state index in [1.54, 1.807) is 0 Å². The summed E-state index contributed by atoms with van der Waals surface area (Å²) in [4.78, 5) is 12.4. The number of hydrogen-bond acceptors (Lipinski definition) is 2. The Morgan fingerprint density at radius 1 is 1.13 bits per heavy atom. The number of aliphatic hydroxyl groups is 1. The molecule has 3 nitrogen and oxygen atoms in total. The number of carbonyl (C=O) groups is 1. The Morgan fingerprint density at radius 2 is 1.83 bits per heavy atom. The number of carbonyl (C=O) groups excluding carboxylic acids is 1. The van der Waals surface area contributed by atoms with E-state index in [9.17, 15) is 18.7 Å². The summed E-state index contributed by atoms with van der Waals surface area (Å²) >= 11 is 0. The number of aliphatic hydroxyl groups excluding tert-OH is 1. The molecule has 1 aliphatic carbocycles. The van der Waals surface area contributed by atoms with E-state index in [-0.39, 0.29) is 18.0 Å². The van der Waals surface area contributed by atoms with Gasteiger partial charge >= 0.3 is 0 Å². The topological polar surface area (TPSA) is 49.3 Å². The van der Waals surface area contributed by atoms with Crippen LogP contribution in [0.15, 0.2) is 48.5 Å². The third-order valence-electron chi connectivity index (χ3n) is 4.30. The average Bonchev–Trinajstić information content (AvgIpc) is 3.37. The number of nitrogens with one attached hydrogen (secondary N) is 1. The standard InChI is InChI=1S/C18H17F2NO2/c19-14-7-6-12(10-15(14)20)16(22)11-21-17(23)18(8-9-18)13-4-2-1-3-5-13/h1-7,10,16,22H,8-9,11H2,(H,21,23)/t16-/m0/s1. The molecule has 2 aromatic carbocycles. The Hall–Kier alpha value is -2.27. The van der Waals surface area contributed by atoms with Gasteiger partial charge in [-0.2, -0.15) is 0 Å². The van der Waals surface area contributed by atoms with Crippen molar-refractivity contribution in [2.75, 3.05) is 6.54 Å². The van der Waals surface area contributed by atoms with Crippen LogP contribution in [0.2, 0.25) is 0 Å². The predicted octanol–water partition coefficient (Wildman–Crippen LogP) is 2.85. The second-order valence-corrected chi connectivity index (χ2v) is 5.85. The molecule has 2 N–H and O–H groups in total. The van der Waals surface area contributed by atoms with E-state index in [0.717, 1.165) is 30.5 Å². The molecule has 0 spiro atoms. The van der Waals surface area contributed by atoms with Crippen molar-refractivity contribution in [3.8, 4) is 0 Å². The van der Waals surface area contributed by atoms with Crippen LogP contribution in [-0.2, 0) is 10.2 Å². The smallest absolute Gasteiger partial charge is 0.230 e. The van der Waals surface area contributed by atoms with Gasteiger partial charge in [-0.25, -0.2) is 8.78 Å². The second-order valence-electron chi connectivity index (χ2n) is 5.85. The number of benzene rings is 2. The maximum atomic E-state index is 13.2. The second kappa shape index (κ2) is 6.08. The van der Waals surface area contributed by atoms with Crippen LogP contribution in [0.25, 0.3) is 0 Å². The van der Waals surface area contributed by atoms with E-state index in [1.807, 2.05) is 30.3 Å². The SMILES string of the molecule is O=C(NC[C@H](O)c1ccc(F)c(F)c1)C1(c2ccccc2)CC1. The molecule has 2 aromatic rings. The van der Waals surface area contributed by atoms with Crippen molar-refractivity contribution in [3.05, 3.63) is 71.3 Å². The Bertz CT molecular complexity index is 714. The normalized spacial score (nSPS) is 16.7. The molecule has 1 saturated carbocycles. The largest absolute Gasteiger partial charge is 0.387 e. The molecule has 5 heteroatoms. The first kappa shape index (κ1) is 15.6. The summed E-state index contributed by atoms with van der Waals surface area (Å²) in [6.07, 6.45) is 0.453. The number of amides is 1. The summed E-state index contributed by atoms with van der Waals surface area (Å²) in [6, 6.07) is 12.7. The highest BCUT2D eigenvalue weighted by molar-refractivity contribution is 5.91. The van der Waals surface area contributed by atoms with Crippen LogP contribution in [0.3, 0.4) is 0 Å². The van der Waals surface area contributed by atoms with Crippen LogP contribution in [0.5, 0.6) is 0 Å². The van der Waals surface area contributed by atoms with Crippen molar-refractivity contribution in [1.29, 1.82) is 0 Å². The van der Waals surface area contributed by atoms with Gasteiger partial charge in [-0.15, -0.1) is 0 Å². The predicted molar refractivity (Wildman–Crippen MR) is 81.7 cm³/mol. The first-order valence-electron chi connectivity index (χ1n) is 7.50. The Kier molecular flexibility index (Phi) is 4.13. The lowest BCUT2D eigenvalue weighted by Crippen LogP contribution is -2.37. The fourth-order valence-electron chi connectivity index (χ4n) is 2.73. The van der Waals surface area contributed by atoms with Gasteiger partial charge in [0.2, 0.25) is 5.91 Å². The van der Waals surface area contributed by atoms with Crippen molar-refractivity contribution >= 4 is 5.91 Å². The Morgan fingerprint density at radius 3 is 2.43 bits per heavy atom. The monoisotopic (exact) mass is 317 g/mol. The zero-order valence-corrected chi connectivity index (χ0v) is 12.4. The van der Waals surface area contributed by atoms with Gasteiger partial charge in [-0.05, 0) is 36.1 Å². The molecule has 0 heterocycles. The molecular formula is C18H17F2NO2. The van der Waals surface area contributed by atoms with Crippen LogP contribution in [-0.4, -0.2) is 17.6 Å². The summed E-state index contributed by atoms with van der Waals surface area (Å²) in [5.74, 6) is -2.13. The highest BCUT2D eigenvalue weighted by Crippen LogP contribution is 2.48. The van der Waals surface area contributed by atoms with Crippen molar-refractivity contribution in [2.24, 2.45) is 0 Å². The first-order valence-corrected chi connectivity index (χ1v) is 7.50. The zero-order chi connectivity index (χ0) is 16.4. The molecule has 23 heavy (non-hydrogen) atoms. The van der Waals surface area contributed by atoms with E-state index in [4.69, 9.17) is 0 Å². The molecule has 0 saturated heterocycles. The summed E-state index contributed by atoms with van der Waals surface area (Å²) in [5.41, 5.74) is 0.670. The Balaban J connectivity index is 1.64. The first-order chi connectivity index (χ1) is 11.0. The zero-order valence-electron chi connectivity index (χ0n) is 12.4. The maximum absolute atomic E-state index is 13.2. The van der Waals surface area contributed by atoms with E-state index in [0.29, 0.717) is 0 Å². The maximum Gasteiger partial charge on any atom is 0.230 e. The third-order valence-corrected chi connectivity index (χ3v) is 4.30. The van der Waals surface area contributed by atoms with Gasteiger partial charge in [-0.1, -0.05) is 36.4 Å². The number of rotatable bonds is 5. The van der Waals surface area contributed by atoms with E-state index in [1.165, 1.54) is 6.07 Å². The lowest BCUT2D eigenvalue weighted by atomic mass is 9.95. The highest BCUT2D eigenvalue weighted by Gasteiger charge is 2.51. The van der Waals surface area contributed by atoms with Crippen LogP contribution < -0.4 is 5.32 Å². The van der Waals surface area contributed by atoms with Crippen LogP contribution >= 0.6 is 0 Å². The molecule has 0 aliphatic heterocycles. The summed E-state index contributed by atoms with van der Waals surface area (Å²) in [6.45, 7) is -0.0432. The molecule has 0 bridgehead atoms. The molecule has 0 aromatic heterocycles. The van der Waals surface area contributed by atoms with Crippen molar-refractivity contribution in [2.45, 2.75) is 24.4 Å². The van der Waals surface area contributed by atoms with Gasteiger partial charge in [0.15, 0.2) is 11.6 Å². The lowest BCUT2D eigenvalue weighted by molar-refractivity contribution is -0.124. The van der Waals surface area contributed by atoms with Crippen molar-refractivity contribution < 1.29 is 18.7 Å². The van der Waals surface area contributed by atoms with Crippen LogP contribution in [0.1, 0.15) is 30.1 Å². The van der Waals surface area contributed by atoms with Gasteiger partial charge in [0.05, 0.1) is 11.5 Å². The minimum Gasteiger partial charge on any atom is -0.387 e.